The minimum atomic E-state index is -0.902. The van der Waals surface area contributed by atoms with E-state index in [-0.39, 0.29) is 23.6 Å². The molecular formula is C24H34N2O3. The zero-order chi connectivity index (χ0) is 20.4. The standard InChI is InChI=1S/C24H34N2O3/c1-15(2)13-25-22(28)18-11-23-7-8-26(14-16-3-4-16)21(24(23,29)12-18)9-17-5-6-19(27)10-20(17)23/h5-6,10,15-16,18,21,27,29H,3-4,7-9,11-14H2,1-2H3,(H,25,28)/t18-,21-,23-,24-/m1/s1. The molecule has 1 amide bonds. The maximum Gasteiger partial charge on any atom is 0.223 e. The van der Waals surface area contributed by atoms with Crippen LogP contribution >= 0.6 is 0 Å². The van der Waals surface area contributed by atoms with Crippen molar-refractivity contribution in [2.24, 2.45) is 17.8 Å². The Labute approximate surface area is 173 Å². The number of phenols is 1. The number of hydrogen-bond acceptors (Lipinski definition) is 4. The molecule has 0 spiro atoms. The fourth-order valence-corrected chi connectivity index (χ4v) is 6.46. The van der Waals surface area contributed by atoms with E-state index in [0.717, 1.165) is 37.4 Å². The third-order valence-corrected chi connectivity index (χ3v) is 8.07. The van der Waals surface area contributed by atoms with E-state index in [0.29, 0.717) is 25.3 Å². The Hall–Kier alpha value is -1.59. The molecule has 29 heavy (non-hydrogen) atoms. The van der Waals surface area contributed by atoms with Crippen LogP contribution in [0.3, 0.4) is 0 Å². The van der Waals surface area contributed by atoms with Crippen LogP contribution in [0.25, 0.3) is 0 Å². The number of piperidine rings is 1. The maximum absolute atomic E-state index is 13.0. The average Bonchev–Trinajstić information content (AvgIpc) is 3.42. The van der Waals surface area contributed by atoms with Crippen molar-refractivity contribution in [1.29, 1.82) is 0 Å². The minimum Gasteiger partial charge on any atom is -0.508 e. The largest absolute Gasteiger partial charge is 0.508 e. The van der Waals surface area contributed by atoms with Gasteiger partial charge in [0, 0.05) is 30.5 Å². The van der Waals surface area contributed by atoms with Crippen LogP contribution in [0, 0.1) is 17.8 Å². The number of fused-ring (bicyclic) bond motifs is 1. The van der Waals surface area contributed by atoms with Crippen LogP contribution in [0.2, 0.25) is 0 Å². The molecule has 2 bridgehead atoms. The van der Waals surface area contributed by atoms with E-state index in [1.54, 1.807) is 6.07 Å². The van der Waals surface area contributed by atoms with Crippen molar-refractivity contribution >= 4 is 5.91 Å². The van der Waals surface area contributed by atoms with Gasteiger partial charge < -0.3 is 15.5 Å². The molecule has 1 aliphatic heterocycles. The van der Waals surface area contributed by atoms with Gasteiger partial charge in [-0.15, -0.1) is 0 Å². The number of aromatic hydroxyl groups is 1. The number of carbonyl (C=O) groups excluding carboxylic acids is 1. The Bertz CT molecular complexity index is 820. The highest BCUT2D eigenvalue weighted by Crippen LogP contribution is 2.62. The van der Waals surface area contributed by atoms with Gasteiger partial charge in [0.1, 0.15) is 5.75 Å². The maximum atomic E-state index is 13.0. The topological polar surface area (TPSA) is 72.8 Å². The van der Waals surface area contributed by atoms with E-state index < -0.39 is 11.0 Å². The lowest BCUT2D eigenvalue weighted by molar-refractivity contribution is -0.134. The smallest absolute Gasteiger partial charge is 0.223 e. The summed E-state index contributed by atoms with van der Waals surface area (Å²) in [5, 5.41) is 25.5. The first-order valence-corrected chi connectivity index (χ1v) is 11.4. The summed E-state index contributed by atoms with van der Waals surface area (Å²) in [5.41, 5.74) is 0.993. The second kappa shape index (κ2) is 6.71. The lowest BCUT2D eigenvalue weighted by Crippen LogP contribution is -2.69. The quantitative estimate of drug-likeness (QED) is 0.713. The molecule has 0 radical (unpaired) electrons. The van der Waals surface area contributed by atoms with Gasteiger partial charge in [-0.1, -0.05) is 19.9 Å². The van der Waals surface area contributed by atoms with Gasteiger partial charge in [-0.2, -0.15) is 0 Å². The molecule has 0 unspecified atom stereocenters. The van der Waals surface area contributed by atoms with Gasteiger partial charge >= 0.3 is 0 Å². The number of phenolic OH excluding ortho intramolecular Hbond substituents is 1. The van der Waals surface area contributed by atoms with Crippen molar-refractivity contribution in [3.63, 3.8) is 0 Å². The Morgan fingerprint density at radius 2 is 2.10 bits per heavy atom. The number of amides is 1. The summed E-state index contributed by atoms with van der Waals surface area (Å²) in [4.78, 5) is 15.5. The Morgan fingerprint density at radius 1 is 1.31 bits per heavy atom. The van der Waals surface area contributed by atoms with Crippen LogP contribution in [0.1, 0.15) is 57.1 Å². The highest BCUT2D eigenvalue weighted by atomic mass is 16.3. The van der Waals surface area contributed by atoms with Crippen molar-refractivity contribution in [2.45, 2.75) is 69.4 Å². The van der Waals surface area contributed by atoms with Gasteiger partial charge in [-0.3, -0.25) is 9.69 Å². The van der Waals surface area contributed by atoms with Crippen molar-refractivity contribution in [1.82, 2.24) is 10.2 Å². The summed E-state index contributed by atoms with van der Waals surface area (Å²) >= 11 is 0. The van der Waals surface area contributed by atoms with Crippen LogP contribution in [-0.4, -0.2) is 52.3 Å². The lowest BCUT2D eigenvalue weighted by Gasteiger charge is -2.59. The molecule has 4 aliphatic rings. The van der Waals surface area contributed by atoms with Gasteiger partial charge in [0.2, 0.25) is 5.91 Å². The molecule has 3 N–H and O–H groups in total. The zero-order valence-corrected chi connectivity index (χ0v) is 17.7. The highest BCUT2D eigenvalue weighted by molar-refractivity contribution is 5.80. The Morgan fingerprint density at radius 3 is 2.83 bits per heavy atom. The molecule has 1 aromatic carbocycles. The first kappa shape index (κ1) is 19.4. The van der Waals surface area contributed by atoms with E-state index in [2.05, 4.69) is 24.1 Å². The van der Waals surface area contributed by atoms with Gasteiger partial charge in [0.25, 0.3) is 0 Å². The molecule has 1 heterocycles. The normalized spacial score (nSPS) is 36.0. The Kier molecular flexibility index (Phi) is 4.48. The SMILES string of the molecule is CC(C)CNC(=O)[C@@H]1C[C@]23CCN(CC4CC4)[C@H](Cc4ccc(O)cc42)[C@]3(O)C1. The van der Waals surface area contributed by atoms with Gasteiger partial charge in [-0.25, -0.2) is 0 Å². The number of aliphatic hydroxyl groups is 1. The Balaban J connectivity index is 1.52. The molecule has 1 saturated heterocycles. The summed E-state index contributed by atoms with van der Waals surface area (Å²) in [6.45, 7) is 6.92. The molecule has 3 fully saturated rings. The fraction of sp³-hybridized carbons (Fsp3) is 0.708. The van der Waals surface area contributed by atoms with Crippen LogP contribution in [0.4, 0.5) is 0 Å². The average molecular weight is 399 g/mol. The third kappa shape index (κ3) is 3.00. The van der Waals surface area contributed by atoms with E-state index in [4.69, 9.17) is 0 Å². The lowest BCUT2D eigenvalue weighted by atomic mass is 9.56. The van der Waals surface area contributed by atoms with E-state index in [1.165, 1.54) is 18.4 Å². The van der Waals surface area contributed by atoms with E-state index >= 15 is 0 Å². The number of benzene rings is 1. The highest BCUT2D eigenvalue weighted by Gasteiger charge is 2.68. The number of rotatable bonds is 5. The number of hydrogen-bond donors (Lipinski definition) is 3. The number of likely N-dealkylation sites (tertiary alicyclic amines) is 1. The first-order chi connectivity index (χ1) is 13.8. The minimum absolute atomic E-state index is 0.0665. The number of nitrogens with one attached hydrogen (secondary N) is 1. The number of carbonyl (C=O) groups is 1. The van der Waals surface area contributed by atoms with Gasteiger partial charge in [-0.05, 0) is 80.2 Å². The van der Waals surface area contributed by atoms with Gasteiger partial charge in [0.15, 0.2) is 0 Å². The molecule has 0 aromatic heterocycles. The van der Waals surface area contributed by atoms with Crippen LogP contribution < -0.4 is 5.32 Å². The summed E-state index contributed by atoms with van der Waals surface area (Å²) in [6, 6.07) is 5.73. The van der Waals surface area contributed by atoms with Crippen LogP contribution in [0.5, 0.6) is 5.75 Å². The summed E-state index contributed by atoms with van der Waals surface area (Å²) in [5.74, 6) is 1.35. The molecule has 1 aromatic rings. The third-order valence-electron chi connectivity index (χ3n) is 8.07. The number of nitrogens with zero attached hydrogens (tertiary/aromatic N) is 1. The predicted molar refractivity (Wildman–Crippen MR) is 112 cm³/mol. The molecule has 5 heteroatoms. The summed E-state index contributed by atoms with van der Waals surface area (Å²) in [7, 11) is 0. The molecule has 158 valence electrons. The zero-order valence-electron chi connectivity index (χ0n) is 17.7. The second-order valence-electron chi connectivity index (χ2n) is 10.5. The first-order valence-electron chi connectivity index (χ1n) is 11.4. The second-order valence-corrected chi connectivity index (χ2v) is 10.5. The summed E-state index contributed by atoms with van der Waals surface area (Å²) < 4.78 is 0. The molecule has 3 aliphatic carbocycles. The van der Waals surface area contributed by atoms with E-state index in [1.807, 2.05) is 12.1 Å². The van der Waals surface area contributed by atoms with Crippen LogP contribution in [0.15, 0.2) is 18.2 Å². The molecule has 4 atom stereocenters. The predicted octanol–water partition coefficient (Wildman–Crippen LogP) is 2.58. The van der Waals surface area contributed by atoms with Crippen molar-refractivity contribution in [3.05, 3.63) is 29.3 Å². The monoisotopic (exact) mass is 398 g/mol. The van der Waals surface area contributed by atoms with Gasteiger partial charge in [0.05, 0.1) is 5.60 Å². The van der Waals surface area contributed by atoms with Crippen molar-refractivity contribution in [2.75, 3.05) is 19.6 Å². The van der Waals surface area contributed by atoms with Crippen LogP contribution in [-0.2, 0) is 16.6 Å². The molecule has 5 nitrogen and oxygen atoms in total. The van der Waals surface area contributed by atoms with Crippen molar-refractivity contribution < 1.29 is 15.0 Å². The summed E-state index contributed by atoms with van der Waals surface area (Å²) in [6.07, 6.45) is 5.47. The molecular weight excluding hydrogens is 364 g/mol. The van der Waals surface area contributed by atoms with E-state index in [9.17, 15) is 15.0 Å². The van der Waals surface area contributed by atoms with Crippen molar-refractivity contribution in [3.8, 4) is 5.75 Å². The molecule has 5 rings (SSSR count). The molecule has 2 saturated carbocycles. The fourth-order valence-electron chi connectivity index (χ4n) is 6.46.